The number of carbonyl (C=O) groups is 2. The van der Waals surface area contributed by atoms with Crippen LogP contribution in [0.3, 0.4) is 0 Å². The molecule has 12 heteroatoms. The Morgan fingerprint density at radius 3 is 2.35 bits per heavy atom. The van der Waals surface area contributed by atoms with Gasteiger partial charge in [0, 0.05) is 49.5 Å². The molecular weight excluding hydrogens is 537 g/mol. The van der Waals surface area contributed by atoms with Gasteiger partial charge in [-0.05, 0) is 48.9 Å². The number of methoxy groups -OCH3 is 1. The number of nitrogens with zero attached hydrogens (tertiary/aromatic N) is 4. The van der Waals surface area contributed by atoms with Crippen LogP contribution < -0.4 is 9.46 Å². The molecule has 1 aliphatic heterocycles. The first-order chi connectivity index (χ1) is 19.2. The summed E-state index contributed by atoms with van der Waals surface area (Å²) in [6.07, 6.45) is 2.96. The van der Waals surface area contributed by atoms with Crippen molar-refractivity contribution in [2.24, 2.45) is 0 Å². The summed E-state index contributed by atoms with van der Waals surface area (Å²) in [7, 11) is -2.65. The van der Waals surface area contributed by atoms with Gasteiger partial charge in [-0.15, -0.1) is 0 Å². The fourth-order valence-electron chi connectivity index (χ4n) is 4.54. The number of hydrogen-bond acceptors (Lipinski definition) is 7. The van der Waals surface area contributed by atoms with E-state index in [2.05, 4.69) is 14.7 Å². The van der Waals surface area contributed by atoms with E-state index >= 15 is 0 Å². The molecule has 0 aliphatic carbocycles. The van der Waals surface area contributed by atoms with Crippen LogP contribution in [0.2, 0.25) is 0 Å². The van der Waals surface area contributed by atoms with E-state index in [1.165, 1.54) is 54.7 Å². The quantitative estimate of drug-likeness (QED) is 0.381. The molecule has 5 rings (SSSR count). The number of piperazine rings is 1. The third-order valence-corrected chi connectivity index (χ3v) is 8.01. The highest BCUT2D eigenvalue weighted by molar-refractivity contribution is 7.93. The van der Waals surface area contributed by atoms with E-state index in [4.69, 9.17) is 4.74 Å². The molecule has 2 aromatic carbocycles. The number of halogens is 1. The molecule has 1 aliphatic rings. The summed E-state index contributed by atoms with van der Waals surface area (Å²) in [5, 5.41) is 0.681. The minimum Gasteiger partial charge on any atom is -0.495 e. The van der Waals surface area contributed by atoms with Crippen molar-refractivity contribution >= 4 is 38.4 Å². The third-order valence-electron chi connectivity index (χ3n) is 6.61. The van der Waals surface area contributed by atoms with Gasteiger partial charge in [0.15, 0.2) is 11.5 Å². The van der Waals surface area contributed by atoms with Crippen LogP contribution in [0.4, 0.5) is 10.1 Å². The molecule has 0 atom stereocenters. The molecule has 2 aromatic heterocycles. The monoisotopic (exact) mass is 563 g/mol. The number of rotatable bonds is 6. The molecule has 40 heavy (non-hydrogen) atoms. The summed E-state index contributed by atoms with van der Waals surface area (Å²) in [5.41, 5.74) is 1.16. The highest BCUT2D eigenvalue weighted by atomic mass is 32.2. The van der Waals surface area contributed by atoms with Crippen molar-refractivity contribution in [2.45, 2.75) is 11.8 Å². The summed E-state index contributed by atoms with van der Waals surface area (Å²) < 4.78 is 48.6. The Morgan fingerprint density at radius 1 is 0.950 bits per heavy atom. The zero-order valence-corrected chi connectivity index (χ0v) is 22.6. The van der Waals surface area contributed by atoms with Crippen molar-refractivity contribution in [3.8, 4) is 5.75 Å². The van der Waals surface area contributed by atoms with Gasteiger partial charge in [0.05, 0.1) is 18.3 Å². The first kappa shape index (κ1) is 27.0. The molecule has 0 unspecified atom stereocenters. The summed E-state index contributed by atoms with van der Waals surface area (Å²) in [4.78, 5) is 37.1. The van der Waals surface area contributed by atoms with Crippen LogP contribution in [0.15, 0.2) is 71.9 Å². The predicted octanol–water partition coefficient (Wildman–Crippen LogP) is 3.48. The van der Waals surface area contributed by atoms with E-state index in [1.807, 2.05) is 0 Å². The van der Waals surface area contributed by atoms with E-state index < -0.39 is 21.7 Å². The van der Waals surface area contributed by atoms with Gasteiger partial charge in [0.1, 0.15) is 10.6 Å². The lowest BCUT2D eigenvalue weighted by molar-refractivity contribution is 0.0529. The number of para-hydroxylation sites is 1. The number of hydrogen-bond donors (Lipinski definition) is 1. The summed E-state index contributed by atoms with van der Waals surface area (Å²) in [6.45, 7) is 2.60. The van der Waals surface area contributed by atoms with Gasteiger partial charge in [-0.25, -0.2) is 17.8 Å². The van der Waals surface area contributed by atoms with Gasteiger partial charge in [-0.1, -0.05) is 18.2 Å². The van der Waals surface area contributed by atoms with Gasteiger partial charge < -0.3 is 14.5 Å². The van der Waals surface area contributed by atoms with Gasteiger partial charge >= 0.3 is 0 Å². The van der Waals surface area contributed by atoms with Crippen molar-refractivity contribution in [1.82, 2.24) is 19.8 Å². The SMILES string of the molecule is COc1cc(C(=O)N2CCN(C(=O)c3ncc(C)cc3F)CC2)ccc1NS(=O)(=O)c1cccc2cccnc12. The Balaban J connectivity index is 1.29. The van der Waals surface area contributed by atoms with E-state index in [-0.39, 0.29) is 59.7 Å². The average Bonchev–Trinajstić information content (AvgIpc) is 2.96. The first-order valence-corrected chi connectivity index (χ1v) is 13.9. The topological polar surface area (TPSA) is 122 Å². The number of aromatic nitrogens is 2. The van der Waals surface area contributed by atoms with Crippen LogP contribution in [0.5, 0.6) is 5.75 Å². The minimum atomic E-state index is -4.03. The maximum atomic E-state index is 14.2. The fourth-order valence-corrected chi connectivity index (χ4v) is 5.79. The standard InChI is InChI=1S/C28H26FN5O5S/c1-18-15-21(29)26(31-17-18)28(36)34-13-11-33(12-14-34)27(35)20-8-9-22(23(16-20)39-2)32-40(37,38)24-7-3-5-19-6-4-10-30-25(19)24/h3-10,15-17,32H,11-14H2,1-2H3. The van der Waals surface area contributed by atoms with Crippen LogP contribution >= 0.6 is 0 Å². The van der Waals surface area contributed by atoms with Gasteiger partial charge in [-0.3, -0.25) is 19.3 Å². The lowest BCUT2D eigenvalue weighted by Crippen LogP contribution is -2.50. The number of benzene rings is 2. The molecule has 0 saturated carbocycles. The zero-order chi connectivity index (χ0) is 28.4. The van der Waals surface area contributed by atoms with Crippen LogP contribution in [-0.2, 0) is 10.0 Å². The molecule has 0 bridgehead atoms. The summed E-state index contributed by atoms with van der Waals surface area (Å²) >= 11 is 0. The number of sulfonamides is 1. The molecule has 10 nitrogen and oxygen atoms in total. The molecular formula is C28H26FN5O5S. The number of amides is 2. The number of carbonyl (C=O) groups excluding carboxylic acids is 2. The van der Waals surface area contributed by atoms with Crippen LogP contribution in [0.25, 0.3) is 10.9 Å². The number of pyridine rings is 2. The largest absolute Gasteiger partial charge is 0.495 e. The lowest BCUT2D eigenvalue weighted by atomic mass is 10.1. The second kappa shape index (κ2) is 10.9. The first-order valence-electron chi connectivity index (χ1n) is 12.4. The normalized spacial score (nSPS) is 13.8. The Labute approximate surface area is 230 Å². The second-order valence-electron chi connectivity index (χ2n) is 9.28. The van der Waals surface area contributed by atoms with Crippen molar-refractivity contribution in [3.05, 3.63) is 89.6 Å². The number of anilines is 1. The minimum absolute atomic E-state index is 0.0148. The number of ether oxygens (including phenoxy) is 1. The number of aryl methyl sites for hydroxylation is 1. The maximum Gasteiger partial charge on any atom is 0.275 e. The molecule has 0 spiro atoms. The molecule has 2 amide bonds. The van der Waals surface area contributed by atoms with Crippen molar-refractivity contribution < 1.29 is 27.1 Å². The summed E-state index contributed by atoms with van der Waals surface area (Å²) in [6, 6.07) is 14.1. The number of fused-ring (bicyclic) bond motifs is 1. The summed E-state index contributed by atoms with van der Waals surface area (Å²) in [5.74, 6) is -1.35. The average molecular weight is 564 g/mol. The lowest BCUT2D eigenvalue weighted by Gasteiger charge is -2.34. The molecule has 4 aromatic rings. The Bertz CT molecular complexity index is 1720. The van der Waals surface area contributed by atoms with Crippen LogP contribution in [0.1, 0.15) is 26.4 Å². The Kier molecular flexibility index (Phi) is 7.35. The highest BCUT2D eigenvalue weighted by Gasteiger charge is 2.28. The van der Waals surface area contributed by atoms with Crippen LogP contribution in [0, 0.1) is 12.7 Å². The van der Waals surface area contributed by atoms with Crippen molar-refractivity contribution in [3.63, 3.8) is 0 Å². The van der Waals surface area contributed by atoms with E-state index in [0.717, 1.165) is 0 Å². The predicted molar refractivity (Wildman–Crippen MR) is 146 cm³/mol. The van der Waals surface area contributed by atoms with Crippen molar-refractivity contribution in [1.29, 1.82) is 0 Å². The molecule has 206 valence electrons. The van der Waals surface area contributed by atoms with Crippen LogP contribution in [-0.4, -0.2) is 73.3 Å². The van der Waals surface area contributed by atoms with Crippen molar-refractivity contribution in [2.75, 3.05) is 38.0 Å². The smallest absolute Gasteiger partial charge is 0.275 e. The molecule has 3 heterocycles. The molecule has 1 fully saturated rings. The van der Waals surface area contributed by atoms with E-state index in [9.17, 15) is 22.4 Å². The van der Waals surface area contributed by atoms with Gasteiger partial charge in [0.25, 0.3) is 21.8 Å². The highest BCUT2D eigenvalue weighted by Crippen LogP contribution is 2.30. The molecule has 0 radical (unpaired) electrons. The Morgan fingerprint density at radius 2 is 1.65 bits per heavy atom. The maximum absolute atomic E-state index is 14.2. The zero-order valence-electron chi connectivity index (χ0n) is 21.8. The van der Waals surface area contributed by atoms with Gasteiger partial charge in [0.2, 0.25) is 0 Å². The molecule has 1 saturated heterocycles. The number of nitrogens with one attached hydrogen (secondary N) is 1. The second-order valence-corrected chi connectivity index (χ2v) is 10.9. The Hall–Kier alpha value is -4.58. The fraction of sp³-hybridized carbons (Fsp3) is 0.214. The van der Waals surface area contributed by atoms with Gasteiger partial charge in [-0.2, -0.15) is 0 Å². The third kappa shape index (κ3) is 5.30. The molecule has 1 N–H and O–H groups in total. The van der Waals surface area contributed by atoms with E-state index in [0.29, 0.717) is 16.5 Å². The van der Waals surface area contributed by atoms with E-state index in [1.54, 1.807) is 36.1 Å².